The van der Waals surface area contributed by atoms with Crippen LogP contribution < -0.4 is 14.8 Å². The largest absolute Gasteiger partial charge is 0.454 e. The van der Waals surface area contributed by atoms with Crippen molar-refractivity contribution in [3.05, 3.63) is 52.0 Å². The van der Waals surface area contributed by atoms with Crippen molar-refractivity contribution in [2.75, 3.05) is 12.1 Å². The number of anilines is 1. The molecule has 0 radical (unpaired) electrons. The molecule has 2 aromatic carbocycles. The van der Waals surface area contributed by atoms with Crippen LogP contribution in [-0.2, 0) is 0 Å². The lowest BCUT2D eigenvalue weighted by molar-refractivity contribution is 0.174. The number of nitrogens with one attached hydrogen (secondary N) is 1. The lowest BCUT2D eigenvalue weighted by Crippen LogP contribution is -2.07. The van der Waals surface area contributed by atoms with Crippen molar-refractivity contribution in [3.8, 4) is 11.5 Å². The van der Waals surface area contributed by atoms with E-state index >= 15 is 0 Å². The van der Waals surface area contributed by atoms with E-state index in [4.69, 9.17) is 9.47 Å². The number of fused-ring (bicyclic) bond motifs is 1. The maximum absolute atomic E-state index is 5.42. The molecule has 0 saturated heterocycles. The zero-order valence-electron chi connectivity index (χ0n) is 11.4. The number of benzene rings is 2. The number of ether oxygens (including phenoxy) is 2. The first-order valence-electron chi connectivity index (χ1n) is 6.56. The summed E-state index contributed by atoms with van der Waals surface area (Å²) in [5.74, 6) is 1.64. The number of hydrogen-bond acceptors (Lipinski definition) is 3. The minimum absolute atomic E-state index is 0.183. The minimum Gasteiger partial charge on any atom is -0.454 e. The highest BCUT2D eigenvalue weighted by molar-refractivity contribution is 9.10. The molecule has 2 aromatic rings. The zero-order valence-corrected chi connectivity index (χ0v) is 13.0. The predicted molar refractivity (Wildman–Crippen MR) is 83.5 cm³/mol. The predicted octanol–water partition coefficient (Wildman–Crippen LogP) is 4.66. The molecule has 20 heavy (non-hydrogen) atoms. The molecule has 1 aliphatic rings. The Morgan fingerprint density at radius 3 is 2.80 bits per heavy atom. The third-order valence-electron chi connectivity index (χ3n) is 3.46. The van der Waals surface area contributed by atoms with E-state index in [0.29, 0.717) is 6.79 Å². The Bertz CT molecular complexity index is 642. The summed E-state index contributed by atoms with van der Waals surface area (Å²) < 4.78 is 11.9. The molecule has 0 saturated carbocycles. The first-order chi connectivity index (χ1) is 9.65. The van der Waals surface area contributed by atoms with E-state index in [1.165, 1.54) is 11.1 Å². The van der Waals surface area contributed by atoms with Gasteiger partial charge in [-0.15, -0.1) is 0 Å². The number of aryl methyl sites for hydroxylation is 1. The molecule has 0 aliphatic carbocycles. The fourth-order valence-corrected chi connectivity index (χ4v) is 2.64. The van der Waals surface area contributed by atoms with Gasteiger partial charge in [-0.05, 0) is 59.1 Å². The standard InChI is InChI=1S/C16H16BrNO2/c1-10-4-3-5-13(16(10)17)18-11(2)12-6-7-14-15(8-12)20-9-19-14/h3-8,11,18H,9H2,1-2H3. The molecule has 3 nitrogen and oxygen atoms in total. The second kappa shape index (κ2) is 5.37. The van der Waals surface area contributed by atoms with Gasteiger partial charge < -0.3 is 14.8 Å². The molecule has 0 amide bonds. The molecule has 1 N–H and O–H groups in total. The lowest BCUT2D eigenvalue weighted by atomic mass is 10.1. The number of halogens is 1. The summed E-state index contributed by atoms with van der Waals surface area (Å²) in [5.41, 5.74) is 3.48. The molecular formula is C16H16BrNO2. The Morgan fingerprint density at radius 1 is 1.15 bits per heavy atom. The molecule has 0 spiro atoms. The first-order valence-corrected chi connectivity index (χ1v) is 7.35. The quantitative estimate of drug-likeness (QED) is 0.886. The van der Waals surface area contributed by atoms with Gasteiger partial charge in [0.1, 0.15) is 0 Å². The van der Waals surface area contributed by atoms with Crippen LogP contribution in [0.3, 0.4) is 0 Å². The van der Waals surface area contributed by atoms with Crippen molar-refractivity contribution >= 4 is 21.6 Å². The second-order valence-electron chi connectivity index (χ2n) is 4.92. The van der Waals surface area contributed by atoms with Crippen LogP contribution >= 0.6 is 15.9 Å². The van der Waals surface area contributed by atoms with Gasteiger partial charge in [0, 0.05) is 16.2 Å². The van der Waals surface area contributed by atoms with Gasteiger partial charge in [0.2, 0.25) is 6.79 Å². The van der Waals surface area contributed by atoms with Crippen molar-refractivity contribution in [2.24, 2.45) is 0 Å². The summed E-state index contributed by atoms with van der Waals surface area (Å²) in [6.07, 6.45) is 0. The zero-order chi connectivity index (χ0) is 14.1. The van der Waals surface area contributed by atoms with Crippen molar-refractivity contribution in [3.63, 3.8) is 0 Å². The Kier molecular flexibility index (Phi) is 3.57. The minimum atomic E-state index is 0.183. The average Bonchev–Trinajstić information content (AvgIpc) is 2.91. The number of rotatable bonds is 3. The second-order valence-corrected chi connectivity index (χ2v) is 5.71. The third kappa shape index (κ3) is 2.48. The third-order valence-corrected chi connectivity index (χ3v) is 4.51. The summed E-state index contributed by atoms with van der Waals surface area (Å²) in [4.78, 5) is 0. The lowest BCUT2D eigenvalue weighted by Gasteiger charge is -2.18. The molecule has 104 valence electrons. The molecule has 0 fully saturated rings. The van der Waals surface area contributed by atoms with Crippen LogP contribution in [0.4, 0.5) is 5.69 Å². The van der Waals surface area contributed by atoms with E-state index in [9.17, 15) is 0 Å². The van der Waals surface area contributed by atoms with Crippen molar-refractivity contribution in [2.45, 2.75) is 19.9 Å². The van der Waals surface area contributed by atoms with E-state index in [0.717, 1.165) is 21.7 Å². The average molecular weight is 334 g/mol. The van der Waals surface area contributed by atoms with Gasteiger partial charge in [-0.3, -0.25) is 0 Å². The van der Waals surface area contributed by atoms with Gasteiger partial charge in [-0.1, -0.05) is 18.2 Å². The van der Waals surface area contributed by atoms with Gasteiger partial charge in [0.25, 0.3) is 0 Å². The highest BCUT2D eigenvalue weighted by Gasteiger charge is 2.16. The summed E-state index contributed by atoms with van der Waals surface area (Å²) >= 11 is 3.62. The summed E-state index contributed by atoms with van der Waals surface area (Å²) in [5, 5.41) is 3.52. The highest BCUT2D eigenvalue weighted by Crippen LogP contribution is 2.35. The van der Waals surface area contributed by atoms with Gasteiger partial charge >= 0.3 is 0 Å². The smallest absolute Gasteiger partial charge is 0.231 e. The van der Waals surface area contributed by atoms with Gasteiger partial charge in [0.15, 0.2) is 11.5 Å². The molecule has 1 unspecified atom stereocenters. The van der Waals surface area contributed by atoms with E-state index in [1.807, 2.05) is 12.1 Å². The van der Waals surface area contributed by atoms with Crippen LogP contribution in [0.2, 0.25) is 0 Å². The SMILES string of the molecule is Cc1cccc(NC(C)c2ccc3c(c2)OCO3)c1Br. The molecule has 0 aromatic heterocycles. The van der Waals surface area contributed by atoms with Gasteiger partial charge in [-0.2, -0.15) is 0 Å². The Labute approximate surface area is 127 Å². The van der Waals surface area contributed by atoms with E-state index in [1.54, 1.807) is 0 Å². The van der Waals surface area contributed by atoms with Crippen molar-refractivity contribution in [1.82, 2.24) is 0 Å². The molecule has 3 rings (SSSR count). The van der Waals surface area contributed by atoms with Gasteiger partial charge in [0.05, 0.1) is 0 Å². The monoisotopic (exact) mass is 333 g/mol. The maximum atomic E-state index is 5.42. The fourth-order valence-electron chi connectivity index (χ4n) is 2.26. The topological polar surface area (TPSA) is 30.5 Å². The molecular weight excluding hydrogens is 318 g/mol. The van der Waals surface area contributed by atoms with Crippen LogP contribution in [0.5, 0.6) is 11.5 Å². The van der Waals surface area contributed by atoms with E-state index in [-0.39, 0.29) is 6.04 Å². The molecule has 4 heteroatoms. The van der Waals surface area contributed by atoms with E-state index in [2.05, 4.69) is 59.4 Å². The normalized spacial score (nSPS) is 14.2. The number of hydrogen-bond donors (Lipinski definition) is 1. The van der Waals surface area contributed by atoms with Crippen LogP contribution in [0.1, 0.15) is 24.1 Å². The van der Waals surface area contributed by atoms with E-state index < -0.39 is 0 Å². The summed E-state index contributed by atoms with van der Waals surface area (Å²) in [7, 11) is 0. The Hall–Kier alpha value is -1.68. The van der Waals surface area contributed by atoms with Crippen LogP contribution in [0, 0.1) is 6.92 Å². The van der Waals surface area contributed by atoms with Crippen molar-refractivity contribution in [1.29, 1.82) is 0 Å². The molecule has 1 heterocycles. The fraction of sp³-hybridized carbons (Fsp3) is 0.250. The molecule has 1 atom stereocenters. The summed E-state index contributed by atoms with van der Waals surface area (Å²) in [6.45, 7) is 4.52. The highest BCUT2D eigenvalue weighted by atomic mass is 79.9. The maximum Gasteiger partial charge on any atom is 0.231 e. The van der Waals surface area contributed by atoms with Crippen molar-refractivity contribution < 1.29 is 9.47 Å². The summed E-state index contributed by atoms with van der Waals surface area (Å²) in [6, 6.07) is 12.4. The first kappa shape index (κ1) is 13.3. The van der Waals surface area contributed by atoms with Crippen LogP contribution in [0.15, 0.2) is 40.9 Å². The van der Waals surface area contributed by atoms with Crippen LogP contribution in [-0.4, -0.2) is 6.79 Å². The molecule has 1 aliphatic heterocycles. The Morgan fingerprint density at radius 2 is 1.95 bits per heavy atom. The van der Waals surface area contributed by atoms with Gasteiger partial charge in [-0.25, -0.2) is 0 Å². The van der Waals surface area contributed by atoms with Crippen LogP contribution in [0.25, 0.3) is 0 Å². The molecule has 0 bridgehead atoms. The Balaban J connectivity index is 1.82.